The molecule has 0 saturated carbocycles. The van der Waals surface area contributed by atoms with Gasteiger partial charge in [-0.2, -0.15) is 13.2 Å². The number of aliphatic hydroxyl groups excluding tert-OH is 1. The molecule has 12 heteroatoms. The lowest BCUT2D eigenvalue weighted by atomic mass is 10.0. The van der Waals surface area contributed by atoms with E-state index in [0.29, 0.717) is 0 Å². The van der Waals surface area contributed by atoms with Gasteiger partial charge in [-0.3, -0.25) is 9.78 Å². The van der Waals surface area contributed by atoms with E-state index in [1.165, 1.54) is 24.1 Å². The maximum atomic E-state index is 13.9. The molecular weight excluding hydrogens is 461 g/mol. The number of fused-ring (bicyclic) bond motifs is 1. The molecule has 1 unspecified atom stereocenters. The molecule has 1 aliphatic rings. The van der Waals surface area contributed by atoms with Crippen LogP contribution in [-0.2, 0) is 6.18 Å². The highest BCUT2D eigenvalue weighted by atomic mass is 19.4. The predicted molar refractivity (Wildman–Crippen MR) is 115 cm³/mol. The molecule has 1 atom stereocenters. The van der Waals surface area contributed by atoms with Crippen molar-refractivity contribution in [2.45, 2.75) is 44.5 Å². The number of H-pyrrole nitrogens is 1. The fraction of sp³-hybridized carbons (Fsp3) is 0.409. The van der Waals surface area contributed by atoms with Crippen LogP contribution >= 0.6 is 0 Å². The van der Waals surface area contributed by atoms with E-state index in [4.69, 9.17) is 5.73 Å². The number of nitrogens with zero attached hydrogens (tertiary/aromatic N) is 3. The van der Waals surface area contributed by atoms with Crippen molar-refractivity contribution in [3.8, 4) is 11.3 Å². The number of nitrogens with one attached hydrogen (secondary N) is 1. The number of anilines is 1. The Balaban J connectivity index is 1.94. The third-order valence-corrected chi connectivity index (χ3v) is 5.86. The minimum Gasteiger partial charge on any atom is -0.373 e. The summed E-state index contributed by atoms with van der Waals surface area (Å²) in [6.45, 7) is 1.26. The van der Waals surface area contributed by atoms with E-state index >= 15 is 0 Å². The lowest BCUT2D eigenvalue weighted by molar-refractivity contribution is -0.138. The molecule has 3 aromatic heterocycles. The van der Waals surface area contributed by atoms with Crippen LogP contribution in [0.3, 0.4) is 0 Å². The summed E-state index contributed by atoms with van der Waals surface area (Å²) in [5, 5.41) is 9.73. The van der Waals surface area contributed by atoms with Crippen molar-refractivity contribution in [1.82, 2.24) is 15.0 Å². The Morgan fingerprint density at radius 1 is 1.24 bits per heavy atom. The van der Waals surface area contributed by atoms with Crippen LogP contribution in [0.15, 0.2) is 29.2 Å². The Hall–Kier alpha value is -3.12. The molecular formula is C22H22F5N5O2. The number of alkyl halides is 5. The summed E-state index contributed by atoms with van der Waals surface area (Å²) in [6.07, 6.45) is -5.63. The quantitative estimate of drug-likeness (QED) is 0.386. The minimum absolute atomic E-state index is 0.00618. The van der Waals surface area contributed by atoms with E-state index in [-0.39, 0.29) is 65.3 Å². The van der Waals surface area contributed by atoms with Crippen molar-refractivity contribution >= 4 is 16.7 Å². The van der Waals surface area contributed by atoms with Gasteiger partial charge in [0.2, 0.25) is 5.92 Å². The summed E-state index contributed by atoms with van der Waals surface area (Å²) >= 11 is 0. The van der Waals surface area contributed by atoms with Gasteiger partial charge in [-0.25, -0.2) is 13.8 Å². The van der Waals surface area contributed by atoms with Crippen LogP contribution < -0.4 is 16.1 Å². The summed E-state index contributed by atoms with van der Waals surface area (Å²) in [7, 11) is 0. The molecule has 7 nitrogen and oxygen atoms in total. The largest absolute Gasteiger partial charge is 0.418 e. The number of halogens is 5. The number of aryl methyl sites for hydroxylation is 1. The van der Waals surface area contributed by atoms with Crippen LogP contribution in [0.2, 0.25) is 0 Å². The van der Waals surface area contributed by atoms with Crippen molar-refractivity contribution in [1.29, 1.82) is 0 Å². The van der Waals surface area contributed by atoms with Crippen molar-refractivity contribution in [3.05, 3.63) is 51.6 Å². The fourth-order valence-electron chi connectivity index (χ4n) is 4.19. The number of aliphatic hydroxyl groups is 1. The molecule has 0 amide bonds. The first-order valence-electron chi connectivity index (χ1n) is 10.5. The summed E-state index contributed by atoms with van der Waals surface area (Å²) < 4.78 is 68.9. The molecule has 4 N–H and O–H groups in total. The Morgan fingerprint density at radius 2 is 1.97 bits per heavy atom. The van der Waals surface area contributed by atoms with Crippen LogP contribution in [0.1, 0.15) is 42.4 Å². The van der Waals surface area contributed by atoms with Gasteiger partial charge in [0.15, 0.2) is 5.43 Å². The van der Waals surface area contributed by atoms with Crippen molar-refractivity contribution in [2.24, 2.45) is 5.73 Å². The van der Waals surface area contributed by atoms with Gasteiger partial charge in [0, 0.05) is 43.8 Å². The molecule has 1 aliphatic heterocycles. The Bertz CT molecular complexity index is 1290. The van der Waals surface area contributed by atoms with Crippen molar-refractivity contribution in [2.75, 3.05) is 18.0 Å². The molecule has 0 aliphatic carbocycles. The molecule has 0 bridgehead atoms. The van der Waals surface area contributed by atoms with Crippen LogP contribution in [-0.4, -0.2) is 39.1 Å². The highest BCUT2D eigenvalue weighted by Crippen LogP contribution is 2.39. The lowest BCUT2D eigenvalue weighted by Gasteiger charge is -2.26. The van der Waals surface area contributed by atoms with Gasteiger partial charge in [0.1, 0.15) is 12.0 Å². The second kappa shape index (κ2) is 8.58. The molecule has 1 saturated heterocycles. The molecule has 4 heterocycles. The monoisotopic (exact) mass is 483 g/mol. The van der Waals surface area contributed by atoms with Gasteiger partial charge >= 0.3 is 6.18 Å². The summed E-state index contributed by atoms with van der Waals surface area (Å²) in [4.78, 5) is 25.4. The molecule has 182 valence electrons. The summed E-state index contributed by atoms with van der Waals surface area (Å²) in [5.41, 5.74) is 3.63. The highest BCUT2D eigenvalue weighted by molar-refractivity contribution is 5.85. The first-order valence-corrected chi connectivity index (χ1v) is 10.5. The molecule has 0 radical (unpaired) electrons. The zero-order valence-electron chi connectivity index (χ0n) is 18.1. The molecule has 3 aromatic rings. The number of rotatable bonds is 3. The number of hydrogen-bond acceptors (Lipinski definition) is 6. The molecule has 4 rings (SSSR count). The van der Waals surface area contributed by atoms with Gasteiger partial charge < -0.3 is 20.7 Å². The second-order valence-electron chi connectivity index (χ2n) is 8.30. The summed E-state index contributed by atoms with van der Waals surface area (Å²) in [6, 6.07) is 3.36. The normalized spacial score (nSPS) is 17.6. The topological polar surface area (TPSA) is 108 Å². The van der Waals surface area contributed by atoms with E-state index in [9.17, 15) is 31.9 Å². The minimum atomic E-state index is -4.71. The Morgan fingerprint density at radius 3 is 2.65 bits per heavy atom. The lowest BCUT2D eigenvalue weighted by Crippen LogP contribution is -2.28. The average molecular weight is 483 g/mol. The van der Waals surface area contributed by atoms with E-state index < -0.39 is 35.7 Å². The first kappa shape index (κ1) is 24.0. The molecule has 1 fully saturated rings. The maximum absolute atomic E-state index is 13.9. The van der Waals surface area contributed by atoms with E-state index in [0.717, 1.165) is 12.1 Å². The zero-order chi connectivity index (χ0) is 24.8. The maximum Gasteiger partial charge on any atom is 0.418 e. The van der Waals surface area contributed by atoms with Gasteiger partial charge in [-0.05, 0) is 25.5 Å². The van der Waals surface area contributed by atoms with Gasteiger partial charge in [0.25, 0.3) is 0 Å². The molecule has 0 aromatic carbocycles. The van der Waals surface area contributed by atoms with Crippen molar-refractivity contribution in [3.63, 3.8) is 0 Å². The highest BCUT2D eigenvalue weighted by Gasteiger charge is 2.36. The fourth-order valence-corrected chi connectivity index (χ4v) is 4.19. The number of aromatic nitrogens is 3. The number of hydrogen-bond donors (Lipinski definition) is 3. The average Bonchev–Trinajstić information content (AvgIpc) is 2.92. The number of aromatic amines is 1. The van der Waals surface area contributed by atoms with Crippen LogP contribution in [0, 0.1) is 6.92 Å². The van der Waals surface area contributed by atoms with Crippen molar-refractivity contribution < 1.29 is 27.1 Å². The molecule has 0 spiro atoms. The van der Waals surface area contributed by atoms with Gasteiger partial charge in [0.05, 0.1) is 33.5 Å². The van der Waals surface area contributed by atoms with Gasteiger partial charge in [-0.15, -0.1) is 0 Å². The van der Waals surface area contributed by atoms with Crippen LogP contribution in [0.5, 0.6) is 0 Å². The first-order chi connectivity index (χ1) is 15.9. The third-order valence-electron chi connectivity index (χ3n) is 5.86. The van der Waals surface area contributed by atoms with Gasteiger partial charge in [-0.1, -0.05) is 0 Å². The Kier molecular flexibility index (Phi) is 6.06. The zero-order valence-corrected chi connectivity index (χ0v) is 18.1. The second-order valence-corrected chi connectivity index (χ2v) is 8.30. The van der Waals surface area contributed by atoms with E-state index in [1.807, 2.05) is 0 Å². The van der Waals surface area contributed by atoms with Crippen LogP contribution in [0.4, 0.5) is 27.8 Å². The van der Waals surface area contributed by atoms with E-state index in [2.05, 4.69) is 15.0 Å². The van der Waals surface area contributed by atoms with E-state index in [1.54, 1.807) is 0 Å². The number of nitrogens with two attached hydrogens (primary N) is 1. The number of pyridine rings is 3. The smallest absolute Gasteiger partial charge is 0.373 e. The summed E-state index contributed by atoms with van der Waals surface area (Å²) in [5.74, 6) is -2.80. The third kappa shape index (κ3) is 4.60. The standard InChI is InChI=1S/C22H22F5N5O2/c1-11-13(22(25,26)27)9-12(20(30-11)32-7-2-4-21(23,24)5-8-32)15-10-16(33)17-14(31-15)3-6-29-18(17)19(28)34/h3,6,9-10,19,34H,2,4-5,7-8,28H2,1H3,(H,31,33). The Labute approximate surface area is 190 Å². The molecule has 34 heavy (non-hydrogen) atoms. The van der Waals surface area contributed by atoms with Crippen LogP contribution in [0.25, 0.3) is 22.2 Å². The predicted octanol–water partition coefficient (Wildman–Crippen LogP) is 3.89. The SMILES string of the molecule is Cc1nc(N2CCCC(F)(F)CC2)c(-c2cc(=O)c3c(C(N)O)nccc3[nH]2)cc1C(F)(F)F.